The van der Waals surface area contributed by atoms with E-state index in [9.17, 15) is 78.0 Å². The molecule has 0 aromatic heterocycles. The Hall–Kier alpha value is -7.46. The Kier molecular flexibility index (Phi) is 25.3. The van der Waals surface area contributed by atoms with Crippen LogP contribution in [-0.2, 0) is 64.0 Å². The number of primary amides is 1. The summed E-state index contributed by atoms with van der Waals surface area (Å²) < 4.78 is 0. The van der Waals surface area contributed by atoms with Crippen molar-refractivity contribution >= 4 is 71.0 Å². The van der Waals surface area contributed by atoms with Gasteiger partial charge in [0.1, 0.15) is 48.0 Å². The van der Waals surface area contributed by atoms with Crippen molar-refractivity contribution in [2.24, 2.45) is 17.4 Å². The molecular weight excluding hydrogens is 989 g/mol. The number of carbonyl (C=O) groups is 12. The maximum Gasteiger partial charge on any atom is 0.326 e. The molecular formula is C47H72N12O16. The summed E-state index contributed by atoms with van der Waals surface area (Å²) in [6.45, 7) is 4.21. The summed E-state index contributed by atoms with van der Waals surface area (Å²) in [7, 11) is 0. The van der Waals surface area contributed by atoms with Gasteiger partial charge < -0.3 is 84.6 Å². The van der Waals surface area contributed by atoms with Crippen molar-refractivity contribution in [1.29, 1.82) is 0 Å². The average molecular weight is 1060 g/mol. The van der Waals surface area contributed by atoms with Gasteiger partial charge in [-0.25, -0.2) is 4.79 Å². The number of aliphatic carboxylic acids is 2. The monoisotopic (exact) mass is 1060 g/mol. The van der Waals surface area contributed by atoms with Gasteiger partial charge in [-0.15, -0.1) is 0 Å². The smallest absolute Gasteiger partial charge is 0.326 e. The van der Waals surface area contributed by atoms with Crippen LogP contribution in [-0.4, -0.2) is 183 Å². The second-order valence-corrected chi connectivity index (χ2v) is 18.9. The van der Waals surface area contributed by atoms with Gasteiger partial charge in [0.05, 0.1) is 31.7 Å². The minimum Gasteiger partial charge on any atom is -0.508 e. The summed E-state index contributed by atoms with van der Waals surface area (Å²) in [5, 5.41) is 61.0. The van der Waals surface area contributed by atoms with Gasteiger partial charge in [-0.2, -0.15) is 0 Å². The predicted octanol–water partition coefficient (Wildman–Crippen LogP) is -5.19. The van der Waals surface area contributed by atoms with Crippen LogP contribution >= 0.6 is 0 Å². The van der Waals surface area contributed by atoms with Crippen LogP contribution in [0, 0.1) is 5.92 Å². The summed E-state index contributed by atoms with van der Waals surface area (Å²) in [4.78, 5) is 157. The Morgan fingerprint density at radius 2 is 1.35 bits per heavy atom. The Morgan fingerprint density at radius 1 is 0.720 bits per heavy atom. The summed E-state index contributed by atoms with van der Waals surface area (Å²) in [6, 6.07) is -5.32. The highest BCUT2D eigenvalue weighted by atomic mass is 16.4. The number of carbonyl (C=O) groups excluding carboxylic acids is 10. The van der Waals surface area contributed by atoms with Gasteiger partial charge in [0.15, 0.2) is 0 Å². The number of aliphatic hydroxyl groups is 1. The number of rotatable bonds is 31. The van der Waals surface area contributed by atoms with E-state index >= 15 is 0 Å². The lowest BCUT2D eigenvalue weighted by Crippen LogP contribution is -2.60. The van der Waals surface area contributed by atoms with Crippen LogP contribution in [0.1, 0.15) is 90.5 Å². The Labute approximate surface area is 432 Å². The summed E-state index contributed by atoms with van der Waals surface area (Å²) in [5.74, 6) is -11.9. The van der Waals surface area contributed by atoms with Crippen molar-refractivity contribution in [1.82, 2.24) is 52.8 Å². The van der Waals surface area contributed by atoms with Gasteiger partial charge in [0.25, 0.3) is 0 Å². The normalized spacial score (nSPS) is 18.4. The number of nitrogens with one attached hydrogen (secondary N) is 9. The average Bonchev–Trinajstić information content (AvgIpc) is 4.03. The molecule has 75 heavy (non-hydrogen) atoms. The minimum absolute atomic E-state index is 0.0151. The second kappa shape index (κ2) is 30.7. The molecule has 28 nitrogen and oxygen atoms in total. The van der Waals surface area contributed by atoms with Gasteiger partial charge in [-0.05, 0) is 88.4 Å². The molecule has 0 saturated carbocycles. The molecule has 0 unspecified atom stereocenters. The minimum atomic E-state index is -1.92. The number of hydrogen-bond donors (Lipinski definition) is 15. The third-order valence-electron chi connectivity index (χ3n) is 12.1. The molecule has 2 saturated heterocycles. The van der Waals surface area contributed by atoms with E-state index in [0.717, 1.165) is 0 Å². The maximum absolute atomic E-state index is 14.2. The van der Waals surface area contributed by atoms with E-state index in [1.54, 1.807) is 13.8 Å². The number of β-amino-alcohol motifs (C(OH)–C–C–N with tert-alkyl or cyclic N) is 1. The fourth-order valence-corrected chi connectivity index (χ4v) is 8.14. The van der Waals surface area contributed by atoms with Crippen LogP contribution < -0.4 is 59.3 Å². The number of hydrogen-bond acceptors (Lipinski definition) is 16. The molecule has 10 amide bonds. The quantitative estimate of drug-likeness (QED) is 0.0309. The van der Waals surface area contributed by atoms with Crippen LogP contribution in [0.5, 0.6) is 5.75 Å². The van der Waals surface area contributed by atoms with Crippen molar-refractivity contribution in [3.8, 4) is 5.75 Å². The first-order valence-electron chi connectivity index (χ1n) is 24.7. The molecule has 416 valence electrons. The number of phenols is 1. The summed E-state index contributed by atoms with van der Waals surface area (Å²) in [6.07, 6.45) is -1.10. The Balaban J connectivity index is 1.74. The van der Waals surface area contributed by atoms with Gasteiger partial charge in [-0.3, -0.25) is 52.7 Å². The number of unbranched alkanes of at least 4 members (excludes halogenated alkanes) is 1. The van der Waals surface area contributed by atoms with Crippen LogP contribution in [0.25, 0.3) is 0 Å². The molecule has 2 aliphatic rings. The highest BCUT2D eigenvalue weighted by Crippen LogP contribution is 2.19. The van der Waals surface area contributed by atoms with Gasteiger partial charge in [-0.1, -0.05) is 26.0 Å². The Morgan fingerprint density at radius 3 is 1.95 bits per heavy atom. The van der Waals surface area contributed by atoms with Gasteiger partial charge >= 0.3 is 11.9 Å². The summed E-state index contributed by atoms with van der Waals surface area (Å²) in [5.41, 5.74) is 11.1. The highest BCUT2D eigenvalue weighted by Gasteiger charge is 2.37. The number of carboxylic acids is 2. The lowest BCUT2D eigenvalue weighted by molar-refractivity contribution is -0.144. The molecule has 0 radical (unpaired) electrons. The number of aliphatic hydroxyl groups excluding tert-OH is 1. The van der Waals surface area contributed by atoms with Crippen LogP contribution in [0.4, 0.5) is 0 Å². The van der Waals surface area contributed by atoms with Gasteiger partial charge in [0, 0.05) is 25.9 Å². The zero-order valence-corrected chi connectivity index (χ0v) is 42.2. The number of aromatic hydroxyl groups is 1. The maximum atomic E-state index is 14.2. The van der Waals surface area contributed by atoms with Crippen molar-refractivity contribution in [2.75, 3.05) is 32.7 Å². The molecule has 0 bridgehead atoms. The number of amides is 10. The third-order valence-corrected chi connectivity index (χ3v) is 12.1. The first-order valence-corrected chi connectivity index (χ1v) is 24.7. The first kappa shape index (κ1) is 61.8. The molecule has 1 aromatic carbocycles. The fraction of sp³-hybridized carbons (Fsp3) is 0.617. The molecule has 9 atom stereocenters. The molecule has 1 aromatic rings. The zero-order chi connectivity index (χ0) is 55.9. The van der Waals surface area contributed by atoms with Gasteiger partial charge in [0.2, 0.25) is 59.1 Å². The molecule has 3 rings (SSSR count). The van der Waals surface area contributed by atoms with Crippen LogP contribution in [0.2, 0.25) is 0 Å². The molecule has 2 aliphatic heterocycles. The van der Waals surface area contributed by atoms with E-state index in [-0.39, 0.29) is 56.9 Å². The lowest BCUT2D eigenvalue weighted by atomic mass is 10.00. The molecule has 0 spiro atoms. The molecule has 2 heterocycles. The van der Waals surface area contributed by atoms with E-state index in [1.807, 2.05) is 0 Å². The van der Waals surface area contributed by atoms with E-state index in [1.165, 1.54) is 36.1 Å². The van der Waals surface area contributed by atoms with Crippen LogP contribution in [0.15, 0.2) is 24.3 Å². The van der Waals surface area contributed by atoms with Crippen molar-refractivity contribution < 1.29 is 78.0 Å². The van der Waals surface area contributed by atoms with E-state index in [4.69, 9.17) is 11.5 Å². The number of benzene rings is 1. The van der Waals surface area contributed by atoms with E-state index < -0.39 is 158 Å². The largest absolute Gasteiger partial charge is 0.508 e. The fourth-order valence-electron chi connectivity index (χ4n) is 8.14. The number of likely N-dealkylation sites (tertiary alicyclic amines) is 1. The van der Waals surface area contributed by atoms with E-state index in [0.29, 0.717) is 31.4 Å². The summed E-state index contributed by atoms with van der Waals surface area (Å²) >= 11 is 0. The lowest BCUT2D eigenvalue weighted by Gasteiger charge is -2.27. The van der Waals surface area contributed by atoms with E-state index in [2.05, 4.69) is 47.9 Å². The Bertz CT molecular complexity index is 2210. The van der Waals surface area contributed by atoms with Crippen molar-refractivity contribution in [2.45, 2.75) is 146 Å². The third kappa shape index (κ3) is 21.5. The molecule has 2 fully saturated rings. The van der Waals surface area contributed by atoms with Crippen molar-refractivity contribution in [3.63, 3.8) is 0 Å². The number of nitrogens with zero attached hydrogens (tertiary/aromatic N) is 1. The predicted molar refractivity (Wildman–Crippen MR) is 263 cm³/mol. The zero-order valence-electron chi connectivity index (χ0n) is 42.2. The van der Waals surface area contributed by atoms with Crippen molar-refractivity contribution in [3.05, 3.63) is 29.8 Å². The number of phenolic OH excluding ortho intramolecular Hbond substituents is 1. The topological polar surface area (TPSA) is 449 Å². The molecule has 17 N–H and O–H groups in total. The molecule has 28 heteroatoms. The number of nitrogens with two attached hydrogens (primary N) is 2. The molecule has 0 aliphatic carbocycles. The first-order chi connectivity index (χ1) is 35.4. The second-order valence-electron chi connectivity index (χ2n) is 18.9. The SMILES string of the molecule is CC(C)C[C@H](NC(=O)[C@H](Cc1ccc(O)cc1)NC(=O)[C@H](CC(=O)O)NC(=O)[C@H](CCC(N)=O)NC(=O)CNC(=O)[C@@H]1C[C@@H](O)CN1)C(=O)N[C@@H](C)C(=O)NCC(=O)N1CCC[C@H]1C(=O)N[C@@H](CCCCN)C(=O)O. The number of carboxylic acid groups (broad SMARTS) is 2. The standard InChI is InChI=1S/C47H72N12O16/c1-24(2)17-32(43(70)53-25(3)40(67)52-23-38(64)59-16-6-8-35(59)46(73)55-30(47(74)75)7-4-5-15-48)56-44(71)33(18-26-9-11-27(60)12-10-26)57-45(72)34(20-39(65)66)58-42(69)29(13-14-36(49)62)54-37(63)22-51-41(68)31-19-28(61)21-50-31/h9-12,24-25,28-35,50,60-61H,4-8,13-23,48H2,1-3H3,(H2,49,62)(H,51,68)(H,52,67)(H,53,70)(H,54,63)(H,55,73)(H,56,71)(H,57,72)(H,58,69)(H,65,66)(H,74,75)/t25-,28+,29-,30-,31-,32-,33-,34-,35-/m0/s1. The highest BCUT2D eigenvalue weighted by molar-refractivity contribution is 5.98. The van der Waals surface area contributed by atoms with Crippen LogP contribution in [0.3, 0.4) is 0 Å².